The summed E-state index contributed by atoms with van der Waals surface area (Å²) < 4.78 is 5.11. The summed E-state index contributed by atoms with van der Waals surface area (Å²) in [6.45, 7) is 2.19. The lowest BCUT2D eigenvalue weighted by Gasteiger charge is -2.17. The minimum atomic E-state index is -0.343. The van der Waals surface area contributed by atoms with Gasteiger partial charge in [-0.25, -0.2) is 0 Å². The Morgan fingerprint density at radius 1 is 1.16 bits per heavy atom. The molecule has 19 heavy (non-hydrogen) atoms. The Kier molecular flexibility index (Phi) is 8.26. The van der Waals surface area contributed by atoms with Gasteiger partial charge in [-0.1, -0.05) is 50.1 Å². The molecule has 0 heterocycles. The zero-order valence-electron chi connectivity index (χ0n) is 12.1. The number of hydrogen-bond acceptors (Lipinski definition) is 4. The van der Waals surface area contributed by atoms with E-state index < -0.39 is 0 Å². The Balaban J connectivity index is 2.64. The second kappa shape index (κ2) is 9.82. The van der Waals surface area contributed by atoms with Gasteiger partial charge in [-0.05, 0) is 26.2 Å². The summed E-state index contributed by atoms with van der Waals surface area (Å²) >= 11 is 0. The standard InChI is InChI=1S/C15H27NO3/c1-2-19-15(17)13-11-9-7-5-3-4-6-8-10-12-14(13)16-18/h13,18H,2-12H2,1H3/b16-14-. The van der Waals surface area contributed by atoms with Crippen molar-refractivity contribution in [1.29, 1.82) is 0 Å². The molecule has 1 saturated carbocycles. The molecule has 0 radical (unpaired) electrons. The lowest BCUT2D eigenvalue weighted by Crippen LogP contribution is -2.26. The normalized spacial score (nSPS) is 25.3. The number of oxime groups is 1. The maximum Gasteiger partial charge on any atom is 0.314 e. The number of esters is 1. The average Bonchev–Trinajstić information content (AvgIpc) is 2.39. The van der Waals surface area contributed by atoms with Crippen molar-refractivity contribution >= 4 is 11.7 Å². The summed E-state index contributed by atoms with van der Waals surface area (Å²) in [6, 6.07) is 0. The largest absolute Gasteiger partial charge is 0.465 e. The predicted molar refractivity (Wildman–Crippen MR) is 75.5 cm³/mol. The fourth-order valence-electron chi connectivity index (χ4n) is 2.67. The van der Waals surface area contributed by atoms with Gasteiger partial charge in [-0.2, -0.15) is 0 Å². The molecule has 0 bridgehead atoms. The summed E-state index contributed by atoms with van der Waals surface area (Å²) in [4.78, 5) is 12.0. The van der Waals surface area contributed by atoms with Crippen LogP contribution in [-0.2, 0) is 9.53 Å². The number of carbonyl (C=O) groups is 1. The number of hydrogen-bond donors (Lipinski definition) is 1. The zero-order valence-corrected chi connectivity index (χ0v) is 12.1. The molecule has 1 atom stereocenters. The van der Waals surface area contributed by atoms with E-state index in [0.29, 0.717) is 18.7 Å². The minimum absolute atomic E-state index is 0.229. The molecule has 4 nitrogen and oxygen atoms in total. The van der Waals surface area contributed by atoms with Crippen molar-refractivity contribution in [2.24, 2.45) is 11.1 Å². The molecule has 1 unspecified atom stereocenters. The minimum Gasteiger partial charge on any atom is -0.465 e. The third-order valence-corrected chi connectivity index (χ3v) is 3.78. The third kappa shape index (κ3) is 6.08. The molecule has 110 valence electrons. The summed E-state index contributed by atoms with van der Waals surface area (Å²) in [5.41, 5.74) is 0.610. The van der Waals surface area contributed by atoms with Crippen molar-refractivity contribution in [3.8, 4) is 0 Å². The maximum atomic E-state index is 12.0. The SMILES string of the molecule is CCOC(=O)C1CCCCCCCCCC/C1=N/O. The summed E-state index contributed by atoms with van der Waals surface area (Å²) in [5.74, 6) is -0.572. The van der Waals surface area contributed by atoms with Crippen LogP contribution < -0.4 is 0 Å². The quantitative estimate of drug-likeness (QED) is 0.469. The van der Waals surface area contributed by atoms with E-state index in [1.807, 2.05) is 6.92 Å². The Bertz CT molecular complexity index is 289. The van der Waals surface area contributed by atoms with Gasteiger partial charge in [0.2, 0.25) is 0 Å². The molecule has 0 aromatic carbocycles. The fourth-order valence-corrected chi connectivity index (χ4v) is 2.67. The van der Waals surface area contributed by atoms with Crippen LogP contribution in [0.4, 0.5) is 0 Å². The molecule has 0 amide bonds. The fraction of sp³-hybridized carbons (Fsp3) is 0.867. The Labute approximate surface area is 116 Å². The van der Waals surface area contributed by atoms with E-state index in [2.05, 4.69) is 5.16 Å². The summed E-state index contributed by atoms with van der Waals surface area (Å²) in [6.07, 6.45) is 10.8. The van der Waals surface area contributed by atoms with Gasteiger partial charge in [-0.15, -0.1) is 0 Å². The van der Waals surface area contributed by atoms with Gasteiger partial charge in [0, 0.05) is 0 Å². The zero-order chi connectivity index (χ0) is 13.9. The van der Waals surface area contributed by atoms with Gasteiger partial charge in [0.25, 0.3) is 0 Å². The van der Waals surface area contributed by atoms with E-state index in [4.69, 9.17) is 9.94 Å². The van der Waals surface area contributed by atoms with Gasteiger partial charge >= 0.3 is 5.97 Å². The van der Waals surface area contributed by atoms with E-state index >= 15 is 0 Å². The van der Waals surface area contributed by atoms with Crippen molar-refractivity contribution in [1.82, 2.24) is 0 Å². The van der Waals surface area contributed by atoms with Crippen molar-refractivity contribution in [3.63, 3.8) is 0 Å². The molecule has 1 rings (SSSR count). The molecule has 1 fully saturated rings. The summed E-state index contributed by atoms with van der Waals surface area (Å²) in [5, 5.41) is 12.5. The summed E-state index contributed by atoms with van der Waals surface area (Å²) in [7, 11) is 0. The third-order valence-electron chi connectivity index (χ3n) is 3.78. The molecule has 4 heteroatoms. The van der Waals surface area contributed by atoms with E-state index in [0.717, 1.165) is 32.1 Å². The Morgan fingerprint density at radius 3 is 2.32 bits per heavy atom. The lowest BCUT2D eigenvalue weighted by atomic mass is 9.91. The topological polar surface area (TPSA) is 58.9 Å². The highest BCUT2D eigenvalue weighted by Gasteiger charge is 2.25. The number of carbonyl (C=O) groups excluding carboxylic acids is 1. The Morgan fingerprint density at radius 2 is 1.74 bits per heavy atom. The van der Waals surface area contributed by atoms with Crippen molar-refractivity contribution in [2.45, 2.75) is 71.1 Å². The van der Waals surface area contributed by atoms with E-state index in [9.17, 15) is 4.79 Å². The van der Waals surface area contributed by atoms with E-state index in [1.165, 1.54) is 25.7 Å². The highest BCUT2D eigenvalue weighted by atomic mass is 16.5. The van der Waals surface area contributed by atoms with Crippen molar-refractivity contribution in [3.05, 3.63) is 0 Å². The van der Waals surface area contributed by atoms with Crippen molar-refractivity contribution in [2.75, 3.05) is 6.61 Å². The van der Waals surface area contributed by atoms with Crippen LogP contribution in [0.5, 0.6) is 0 Å². The van der Waals surface area contributed by atoms with Gasteiger partial charge in [0.05, 0.1) is 18.2 Å². The maximum absolute atomic E-state index is 12.0. The predicted octanol–water partition coefficient (Wildman–Crippen LogP) is 3.91. The van der Waals surface area contributed by atoms with Crippen LogP contribution in [0.25, 0.3) is 0 Å². The molecule has 1 aliphatic rings. The van der Waals surface area contributed by atoms with Crippen LogP contribution in [0.2, 0.25) is 0 Å². The molecule has 1 N–H and O–H groups in total. The van der Waals surface area contributed by atoms with Crippen LogP contribution in [0.3, 0.4) is 0 Å². The average molecular weight is 269 g/mol. The van der Waals surface area contributed by atoms with Gasteiger partial charge < -0.3 is 9.94 Å². The molecule has 0 aromatic heterocycles. The monoisotopic (exact) mass is 269 g/mol. The Hall–Kier alpha value is -1.06. The van der Waals surface area contributed by atoms with Gasteiger partial charge in [-0.3, -0.25) is 4.79 Å². The van der Waals surface area contributed by atoms with Crippen LogP contribution in [0.15, 0.2) is 5.16 Å². The molecule has 1 aliphatic carbocycles. The van der Waals surface area contributed by atoms with E-state index in [1.54, 1.807) is 0 Å². The van der Waals surface area contributed by atoms with Crippen LogP contribution in [0, 0.1) is 5.92 Å². The first kappa shape index (κ1) is 16.0. The lowest BCUT2D eigenvalue weighted by molar-refractivity contribution is -0.145. The molecule has 0 spiro atoms. The van der Waals surface area contributed by atoms with Crippen LogP contribution in [0.1, 0.15) is 71.1 Å². The van der Waals surface area contributed by atoms with Crippen LogP contribution in [-0.4, -0.2) is 23.5 Å². The van der Waals surface area contributed by atoms with Gasteiger partial charge in [0.1, 0.15) is 0 Å². The first-order valence-electron chi connectivity index (χ1n) is 7.67. The van der Waals surface area contributed by atoms with Crippen molar-refractivity contribution < 1.29 is 14.7 Å². The molecular weight excluding hydrogens is 242 g/mol. The number of rotatable bonds is 2. The van der Waals surface area contributed by atoms with Gasteiger partial charge in [0.15, 0.2) is 0 Å². The van der Waals surface area contributed by atoms with Crippen LogP contribution >= 0.6 is 0 Å². The molecule has 0 aliphatic heterocycles. The number of ether oxygens (including phenoxy) is 1. The first-order valence-corrected chi connectivity index (χ1v) is 7.67. The second-order valence-corrected chi connectivity index (χ2v) is 5.26. The number of nitrogens with zero attached hydrogens (tertiary/aromatic N) is 1. The molecular formula is C15H27NO3. The van der Waals surface area contributed by atoms with E-state index in [-0.39, 0.29) is 11.9 Å². The smallest absolute Gasteiger partial charge is 0.314 e. The second-order valence-electron chi connectivity index (χ2n) is 5.26. The molecule has 0 saturated heterocycles. The highest BCUT2D eigenvalue weighted by Crippen LogP contribution is 2.20. The molecule has 0 aromatic rings. The highest BCUT2D eigenvalue weighted by molar-refractivity contribution is 6.01. The first-order chi connectivity index (χ1) is 9.29.